The molecule has 0 aliphatic rings. The van der Waals surface area contributed by atoms with Gasteiger partial charge < -0.3 is 5.32 Å². The number of aryl methyl sites for hydroxylation is 1. The first-order valence-electron chi connectivity index (χ1n) is 4.71. The summed E-state index contributed by atoms with van der Waals surface area (Å²) in [7, 11) is 0. The molecule has 0 bridgehead atoms. The van der Waals surface area contributed by atoms with Crippen LogP contribution in [0.1, 0.15) is 16.2 Å². The molecule has 2 aromatic rings. The van der Waals surface area contributed by atoms with Crippen LogP contribution in [0.15, 0.2) is 18.5 Å². The third kappa shape index (κ3) is 2.40. The molecule has 1 amide bonds. The first-order valence-corrected chi connectivity index (χ1v) is 5.46. The van der Waals surface area contributed by atoms with E-state index in [9.17, 15) is 4.79 Å². The van der Waals surface area contributed by atoms with E-state index in [4.69, 9.17) is 23.2 Å². The fourth-order valence-corrected chi connectivity index (χ4v) is 1.72. The van der Waals surface area contributed by atoms with Crippen LogP contribution in [0.5, 0.6) is 0 Å². The van der Waals surface area contributed by atoms with Gasteiger partial charge in [-0.25, -0.2) is 4.98 Å². The Kier molecular flexibility index (Phi) is 3.31. The zero-order chi connectivity index (χ0) is 12.4. The number of anilines is 1. The SMILES string of the molecule is Cc1ccc(Cl)c(NC(=O)c2ncn[nH]2)c1Cl. The van der Waals surface area contributed by atoms with Gasteiger partial charge in [0.25, 0.3) is 5.91 Å². The number of rotatable bonds is 2. The van der Waals surface area contributed by atoms with E-state index in [2.05, 4.69) is 20.5 Å². The minimum Gasteiger partial charge on any atom is -0.317 e. The highest BCUT2D eigenvalue weighted by Crippen LogP contribution is 2.32. The average Bonchev–Trinajstić information content (AvgIpc) is 2.83. The number of nitrogens with zero attached hydrogens (tertiary/aromatic N) is 2. The highest BCUT2D eigenvalue weighted by molar-refractivity contribution is 6.40. The molecule has 0 saturated heterocycles. The molecule has 0 saturated carbocycles. The number of carbonyl (C=O) groups is 1. The second-order valence-corrected chi connectivity index (χ2v) is 4.13. The van der Waals surface area contributed by atoms with Gasteiger partial charge in [-0.2, -0.15) is 5.10 Å². The number of aromatic amines is 1. The molecule has 7 heteroatoms. The summed E-state index contributed by atoms with van der Waals surface area (Å²) in [5.74, 6) is -0.351. The summed E-state index contributed by atoms with van der Waals surface area (Å²) in [5, 5.41) is 9.40. The molecule has 5 nitrogen and oxygen atoms in total. The van der Waals surface area contributed by atoms with Crippen LogP contribution in [0.3, 0.4) is 0 Å². The number of nitrogens with one attached hydrogen (secondary N) is 2. The molecular weight excluding hydrogens is 263 g/mol. The number of H-pyrrole nitrogens is 1. The molecule has 0 aliphatic heterocycles. The van der Waals surface area contributed by atoms with Crippen molar-refractivity contribution >= 4 is 34.8 Å². The molecule has 0 spiro atoms. The fraction of sp³-hybridized carbons (Fsp3) is 0.100. The maximum Gasteiger partial charge on any atom is 0.293 e. The number of carbonyl (C=O) groups excluding carboxylic acids is 1. The van der Waals surface area contributed by atoms with Crippen molar-refractivity contribution in [2.75, 3.05) is 5.32 Å². The van der Waals surface area contributed by atoms with Gasteiger partial charge in [0, 0.05) is 0 Å². The maximum absolute atomic E-state index is 11.7. The number of aromatic nitrogens is 3. The van der Waals surface area contributed by atoms with Gasteiger partial charge >= 0.3 is 0 Å². The molecule has 1 heterocycles. The van der Waals surface area contributed by atoms with Crippen LogP contribution in [0.2, 0.25) is 10.0 Å². The van der Waals surface area contributed by atoms with Crippen LogP contribution in [-0.4, -0.2) is 21.1 Å². The average molecular weight is 271 g/mol. The van der Waals surface area contributed by atoms with Gasteiger partial charge in [0.2, 0.25) is 5.82 Å². The third-order valence-corrected chi connectivity index (χ3v) is 2.95. The second-order valence-electron chi connectivity index (χ2n) is 3.34. The molecular formula is C10H8Cl2N4O. The van der Waals surface area contributed by atoms with Crippen LogP contribution in [-0.2, 0) is 0 Å². The highest BCUT2D eigenvalue weighted by Gasteiger charge is 2.14. The molecule has 0 unspecified atom stereocenters. The number of hydrogen-bond donors (Lipinski definition) is 2. The van der Waals surface area contributed by atoms with Crippen LogP contribution in [0, 0.1) is 6.92 Å². The molecule has 1 aromatic carbocycles. The molecule has 0 radical (unpaired) electrons. The van der Waals surface area contributed by atoms with Gasteiger partial charge in [-0.15, -0.1) is 0 Å². The fourth-order valence-electron chi connectivity index (χ4n) is 1.26. The molecule has 17 heavy (non-hydrogen) atoms. The van der Waals surface area contributed by atoms with Gasteiger partial charge in [0.1, 0.15) is 6.33 Å². The van der Waals surface area contributed by atoms with Crippen molar-refractivity contribution in [1.29, 1.82) is 0 Å². The van der Waals surface area contributed by atoms with Gasteiger partial charge in [-0.05, 0) is 18.6 Å². The largest absolute Gasteiger partial charge is 0.317 e. The Hall–Kier alpha value is -1.59. The van der Waals surface area contributed by atoms with Gasteiger partial charge in [-0.3, -0.25) is 9.89 Å². The van der Waals surface area contributed by atoms with Crippen LogP contribution >= 0.6 is 23.2 Å². The van der Waals surface area contributed by atoms with Crippen molar-refractivity contribution in [2.45, 2.75) is 6.92 Å². The van der Waals surface area contributed by atoms with Crippen molar-refractivity contribution in [1.82, 2.24) is 15.2 Å². The molecule has 0 fully saturated rings. The van der Waals surface area contributed by atoms with Crippen molar-refractivity contribution < 1.29 is 4.79 Å². The lowest BCUT2D eigenvalue weighted by molar-refractivity contribution is 0.101. The number of halogens is 2. The van der Waals surface area contributed by atoms with Crippen molar-refractivity contribution in [3.63, 3.8) is 0 Å². The maximum atomic E-state index is 11.7. The lowest BCUT2D eigenvalue weighted by atomic mass is 10.2. The molecule has 0 aliphatic carbocycles. The summed E-state index contributed by atoms with van der Waals surface area (Å²) in [5.41, 5.74) is 1.19. The standard InChI is InChI=1S/C10H8Cl2N4O/c1-5-2-3-6(11)8(7(5)12)15-10(17)9-13-4-14-16-9/h2-4H,1H3,(H,15,17)(H,13,14,16). The van der Waals surface area contributed by atoms with Crippen molar-refractivity contribution in [3.05, 3.63) is 39.9 Å². The van der Waals surface area contributed by atoms with E-state index in [1.54, 1.807) is 12.1 Å². The van der Waals surface area contributed by atoms with E-state index < -0.39 is 5.91 Å². The minimum absolute atomic E-state index is 0.0960. The van der Waals surface area contributed by atoms with Crippen LogP contribution in [0.4, 0.5) is 5.69 Å². The lowest BCUT2D eigenvalue weighted by Gasteiger charge is -2.09. The summed E-state index contributed by atoms with van der Waals surface area (Å²) >= 11 is 12.0. The van der Waals surface area contributed by atoms with E-state index in [1.807, 2.05) is 6.92 Å². The van der Waals surface area contributed by atoms with Crippen LogP contribution in [0.25, 0.3) is 0 Å². The summed E-state index contributed by atoms with van der Waals surface area (Å²) in [6.07, 6.45) is 1.24. The predicted octanol–water partition coefficient (Wildman–Crippen LogP) is 2.67. The topological polar surface area (TPSA) is 70.7 Å². The Morgan fingerprint density at radius 2 is 2.18 bits per heavy atom. The zero-order valence-electron chi connectivity index (χ0n) is 8.79. The number of hydrogen-bond acceptors (Lipinski definition) is 3. The minimum atomic E-state index is -0.447. The molecule has 1 aromatic heterocycles. The normalized spacial score (nSPS) is 10.3. The first-order chi connectivity index (χ1) is 8.09. The van der Waals surface area contributed by atoms with E-state index in [0.29, 0.717) is 15.7 Å². The van der Waals surface area contributed by atoms with E-state index in [-0.39, 0.29) is 5.82 Å². The summed E-state index contributed by atoms with van der Waals surface area (Å²) in [6, 6.07) is 3.44. The van der Waals surface area contributed by atoms with Crippen LogP contribution < -0.4 is 5.32 Å². The first kappa shape index (κ1) is 11.9. The second kappa shape index (κ2) is 4.73. The summed E-state index contributed by atoms with van der Waals surface area (Å²) < 4.78 is 0. The van der Waals surface area contributed by atoms with E-state index >= 15 is 0 Å². The summed E-state index contributed by atoms with van der Waals surface area (Å²) in [6.45, 7) is 1.82. The predicted molar refractivity (Wildman–Crippen MR) is 65.5 cm³/mol. The van der Waals surface area contributed by atoms with Gasteiger partial charge in [0.05, 0.1) is 15.7 Å². The van der Waals surface area contributed by atoms with Crippen molar-refractivity contribution in [2.24, 2.45) is 0 Å². The Morgan fingerprint density at radius 1 is 1.41 bits per heavy atom. The Labute approximate surface area is 107 Å². The molecule has 0 atom stereocenters. The van der Waals surface area contributed by atoms with Gasteiger partial charge in [-0.1, -0.05) is 29.3 Å². The highest BCUT2D eigenvalue weighted by atomic mass is 35.5. The van der Waals surface area contributed by atoms with E-state index in [0.717, 1.165) is 5.56 Å². The lowest BCUT2D eigenvalue weighted by Crippen LogP contribution is -2.14. The number of benzene rings is 1. The van der Waals surface area contributed by atoms with Crippen molar-refractivity contribution in [3.8, 4) is 0 Å². The van der Waals surface area contributed by atoms with Gasteiger partial charge in [0.15, 0.2) is 0 Å². The summed E-state index contributed by atoms with van der Waals surface area (Å²) in [4.78, 5) is 15.5. The quantitative estimate of drug-likeness (QED) is 0.882. The molecule has 88 valence electrons. The third-order valence-electron chi connectivity index (χ3n) is 2.15. The Balaban J connectivity index is 2.31. The zero-order valence-corrected chi connectivity index (χ0v) is 10.3. The number of amides is 1. The Morgan fingerprint density at radius 3 is 2.82 bits per heavy atom. The molecule has 2 N–H and O–H groups in total. The Bertz CT molecular complexity index is 554. The van der Waals surface area contributed by atoms with E-state index in [1.165, 1.54) is 6.33 Å². The monoisotopic (exact) mass is 270 g/mol. The molecule has 2 rings (SSSR count). The smallest absolute Gasteiger partial charge is 0.293 e.